The lowest BCUT2D eigenvalue weighted by atomic mass is 9.73. The molecule has 0 aliphatic heterocycles. The van der Waals surface area contributed by atoms with Gasteiger partial charge in [0.1, 0.15) is 0 Å². The second kappa shape index (κ2) is 4.49. The molecule has 1 saturated carbocycles. The third-order valence-electron chi connectivity index (χ3n) is 3.53. The fraction of sp³-hybridized carbons (Fsp3) is 0.500. The van der Waals surface area contributed by atoms with Crippen molar-refractivity contribution in [1.82, 2.24) is 9.61 Å². The number of aryl methyl sites for hydroxylation is 1. The van der Waals surface area contributed by atoms with Crippen LogP contribution in [0.5, 0.6) is 0 Å². The van der Waals surface area contributed by atoms with Crippen LogP contribution in [0.25, 0.3) is 5.52 Å². The van der Waals surface area contributed by atoms with Gasteiger partial charge in [-0.1, -0.05) is 19.9 Å². The third kappa shape index (κ3) is 1.95. The van der Waals surface area contributed by atoms with E-state index in [4.69, 9.17) is 5.73 Å². The summed E-state index contributed by atoms with van der Waals surface area (Å²) in [4.78, 5) is 0. The van der Waals surface area contributed by atoms with Crippen LogP contribution in [0, 0.1) is 6.92 Å². The van der Waals surface area contributed by atoms with Gasteiger partial charge < -0.3 is 5.73 Å². The standard InChI is InChI=1S/C12H15N3.C2H6/c1-9-7-14-15-8-10(3-4-11(9)15)12(13)5-2-6-12;1-2/h3-4,7-8H,2,5-6,13H2,1H3;1-2H3. The van der Waals surface area contributed by atoms with Crippen molar-refractivity contribution in [3.05, 3.63) is 35.7 Å². The third-order valence-corrected chi connectivity index (χ3v) is 3.53. The molecule has 3 nitrogen and oxygen atoms in total. The average Bonchev–Trinajstić information content (AvgIpc) is 2.70. The first-order valence-corrected chi connectivity index (χ1v) is 6.42. The summed E-state index contributed by atoms with van der Waals surface area (Å²) in [7, 11) is 0. The zero-order valence-electron chi connectivity index (χ0n) is 10.9. The van der Waals surface area contributed by atoms with E-state index in [1.165, 1.54) is 23.1 Å². The van der Waals surface area contributed by atoms with Gasteiger partial charge in [0.05, 0.1) is 11.7 Å². The van der Waals surface area contributed by atoms with Gasteiger partial charge in [0.2, 0.25) is 0 Å². The van der Waals surface area contributed by atoms with Gasteiger partial charge >= 0.3 is 0 Å². The van der Waals surface area contributed by atoms with Gasteiger partial charge in [0.25, 0.3) is 0 Å². The van der Waals surface area contributed by atoms with Gasteiger partial charge in [-0.2, -0.15) is 5.10 Å². The second-order valence-corrected chi connectivity index (χ2v) is 4.58. The number of rotatable bonds is 1. The molecule has 1 fully saturated rings. The maximum absolute atomic E-state index is 6.28. The van der Waals surface area contributed by atoms with Gasteiger partial charge in [-0.25, -0.2) is 4.52 Å². The molecule has 0 aromatic carbocycles. The van der Waals surface area contributed by atoms with Crippen molar-refractivity contribution < 1.29 is 0 Å². The van der Waals surface area contributed by atoms with Gasteiger partial charge in [0.15, 0.2) is 0 Å². The Balaban J connectivity index is 0.000000514. The van der Waals surface area contributed by atoms with Crippen LogP contribution >= 0.6 is 0 Å². The Bertz CT molecular complexity index is 509. The molecule has 2 heterocycles. The molecular weight excluding hydrogens is 210 g/mol. The molecule has 0 amide bonds. The fourth-order valence-electron chi connectivity index (χ4n) is 2.25. The SMILES string of the molecule is CC.Cc1cnn2cc(C3(N)CCC3)ccc12. The van der Waals surface area contributed by atoms with E-state index in [0.717, 1.165) is 12.8 Å². The molecule has 2 aromatic rings. The second-order valence-electron chi connectivity index (χ2n) is 4.58. The van der Waals surface area contributed by atoms with Crippen LogP contribution in [0.15, 0.2) is 24.5 Å². The largest absolute Gasteiger partial charge is 0.321 e. The van der Waals surface area contributed by atoms with E-state index in [9.17, 15) is 0 Å². The van der Waals surface area contributed by atoms with Crippen LogP contribution in [0.3, 0.4) is 0 Å². The number of pyridine rings is 1. The molecule has 1 aliphatic carbocycles. The molecule has 2 aromatic heterocycles. The number of nitrogens with two attached hydrogens (primary N) is 1. The van der Waals surface area contributed by atoms with Crippen LogP contribution in [0.4, 0.5) is 0 Å². The highest BCUT2D eigenvalue weighted by Crippen LogP contribution is 2.38. The topological polar surface area (TPSA) is 43.3 Å². The molecule has 3 heteroatoms. The van der Waals surface area contributed by atoms with Crippen molar-refractivity contribution in [2.45, 2.75) is 45.6 Å². The normalized spacial score (nSPS) is 17.2. The molecule has 17 heavy (non-hydrogen) atoms. The highest BCUT2D eigenvalue weighted by molar-refractivity contribution is 5.53. The number of fused-ring (bicyclic) bond motifs is 1. The lowest BCUT2D eigenvalue weighted by molar-refractivity contribution is 0.252. The zero-order chi connectivity index (χ0) is 12.5. The maximum Gasteiger partial charge on any atom is 0.0690 e. The lowest BCUT2D eigenvalue weighted by Gasteiger charge is -2.38. The molecule has 0 saturated heterocycles. The minimum Gasteiger partial charge on any atom is -0.321 e. The summed E-state index contributed by atoms with van der Waals surface area (Å²) in [6.45, 7) is 6.07. The van der Waals surface area contributed by atoms with Crippen molar-refractivity contribution >= 4 is 5.52 Å². The van der Waals surface area contributed by atoms with Crippen molar-refractivity contribution in [2.75, 3.05) is 0 Å². The molecule has 0 spiro atoms. The van der Waals surface area contributed by atoms with Crippen LogP contribution in [0.1, 0.15) is 44.2 Å². The molecule has 0 radical (unpaired) electrons. The van der Waals surface area contributed by atoms with Crippen molar-refractivity contribution in [3.8, 4) is 0 Å². The van der Waals surface area contributed by atoms with Crippen LogP contribution in [0.2, 0.25) is 0 Å². The first kappa shape index (κ1) is 12.1. The van der Waals surface area contributed by atoms with E-state index in [0.29, 0.717) is 0 Å². The number of hydrogen-bond donors (Lipinski definition) is 1. The summed E-state index contributed by atoms with van der Waals surface area (Å²) >= 11 is 0. The van der Waals surface area contributed by atoms with Crippen molar-refractivity contribution in [3.63, 3.8) is 0 Å². The average molecular weight is 231 g/mol. The van der Waals surface area contributed by atoms with E-state index in [1.54, 1.807) is 0 Å². The number of nitrogens with zero attached hydrogens (tertiary/aromatic N) is 2. The van der Waals surface area contributed by atoms with E-state index < -0.39 is 0 Å². The maximum atomic E-state index is 6.28. The van der Waals surface area contributed by atoms with Gasteiger partial charge in [-0.05, 0) is 43.4 Å². The first-order chi connectivity index (χ1) is 8.19. The number of aromatic nitrogens is 2. The van der Waals surface area contributed by atoms with Gasteiger partial charge in [-0.3, -0.25) is 0 Å². The highest BCUT2D eigenvalue weighted by Gasteiger charge is 2.34. The summed E-state index contributed by atoms with van der Waals surface area (Å²) in [6, 6.07) is 4.26. The summed E-state index contributed by atoms with van der Waals surface area (Å²) in [5.74, 6) is 0. The fourth-order valence-corrected chi connectivity index (χ4v) is 2.25. The van der Waals surface area contributed by atoms with Crippen LogP contribution < -0.4 is 5.73 Å². The Morgan fingerprint density at radius 3 is 2.59 bits per heavy atom. The Kier molecular flexibility index (Phi) is 3.20. The minimum atomic E-state index is -0.0892. The quantitative estimate of drug-likeness (QED) is 0.820. The predicted octanol–water partition coefficient (Wildman–Crippen LogP) is 3.01. The Morgan fingerprint density at radius 1 is 1.29 bits per heavy atom. The summed E-state index contributed by atoms with van der Waals surface area (Å²) < 4.78 is 1.93. The van der Waals surface area contributed by atoms with Gasteiger partial charge in [0, 0.05) is 11.7 Å². The summed E-state index contributed by atoms with van der Waals surface area (Å²) in [5, 5.41) is 4.31. The van der Waals surface area contributed by atoms with Crippen LogP contribution in [-0.2, 0) is 5.54 Å². The lowest BCUT2D eigenvalue weighted by Crippen LogP contribution is -2.43. The highest BCUT2D eigenvalue weighted by atomic mass is 15.2. The summed E-state index contributed by atoms with van der Waals surface area (Å²) in [5.41, 5.74) is 9.78. The van der Waals surface area contributed by atoms with Gasteiger partial charge in [-0.15, -0.1) is 0 Å². The molecule has 0 unspecified atom stereocenters. The smallest absolute Gasteiger partial charge is 0.0690 e. The Hall–Kier alpha value is -1.35. The van der Waals surface area contributed by atoms with Crippen molar-refractivity contribution in [2.24, 2.45) is 5.73 Å². The predicted molar refractivity (Wildman–Crippen MR) is 71.0 cm³/mol. The molecular formula is C14H21N3. The minimum absolute atomic E-state index is 0.0892. The zero-order valence-corrected chi connectivity index (χ0v) is 10.9. The molecule has 2 N–H and O–H groups in total. The van der Waals surface area contributed by atoms with E-state index in [2.05, 4.69) is 30.4 Å². The Morgan fingerprint density at radius 2 is 2.00 bits per heavy atom. The summed E-state index contributed by atoms with van der Waals surface area (Å²) in [6.07, 6.45) is 7.40. The van der Waals surface area contributed by atoms with E-state index >= 15 is 0 Å². The van der Waals surface area contributed by atoms with E-state index in [1.807, 2.05) is 24.6 Å². The number of hydrogen-bond acceptors (Lipinski definition) is 2. The molecule has 0 atom stereocenters. The van der Waals surface area contributed by atoms with Crippen molar-refractivity contribution in [1.29, 1.82) is 0 Å². The molecule has 1 aliphatic rings. The Labute approximate surface area is 103 Å². The van der Waals surface area contributed by atoms with Crippen LogP contribution in [-0.4, -0.2) is 9.61 Å². The monoisotopic (exact) mass is 231 g/mol. The molecule has 92 valence electrons. The molecule has 0 bridgehead atoms. The first-order valence-electron chi connectivity index (χ1n) is 6.42. The van der Waals surface area contributed by atoms with E-state index in [-0.39, 0.29) is 5.54 Å². The molecule has 3 rings (SSSR count).